The summed E-state index contributed by atoms with van der Waals surface area (Å²) in [4.78, 5) is 0. The van der Waals surface area contributed by atoms with Crippen molar-refractivity contribution >= 4 is 5.71 Å². The molecular formula is C11H20ClNO4. The van der Waals surface area contributed by atoms with E-state index in [0.29, 0.717) is 0 Å². The maximum absolute atomic E-state index is 8.49. The highest BCUT2D eigenvalue weighted by atomic mass is 35.7. The van der Waals surface area contributed by atoms with E-state index in [1.165, 1.54) is 64.5 Å². The number of rotatable bonds is 0. The minimum Gasteiger partial charge on any atom is -0.237 e. The van der Waals surface area contributed by atoms with Crippen molar-refractivity contribution in [2.24, 2.45) is 0 Å². The molecule has 2 aliphatic rings. The Morgan fingerprint density at radius 3 is 1.59 bits per heavy atom. The van der Waals surface area contributed by atoms with Gasteiger partial charge in [0.2, 0.25) is 0 Å². The van der Waals surface area contributed by atoms with Gasteiger partial charge in [-0.1, -0.05) is 6.42 Å². The minimum atomic E-state index is -4.94. The van der Waals surface area contributed by atoms with Gasteiger partial charge >= 0.3 is 0 Å². The van der Waals surface area contributed by atoms with E-state index in [4.69, 9.17) is 18.6 Å². The first-order chi connectivity index (χ1) is 7.97. The summed E-state index contributed by atoms with van der Waals surface area (Å²) in [6.07, 6.45) is 11.5. The highest BCUT2D eigenvalue weighted by Gasteiger charge is 2.19. The summed E-state index contributed by atoms with van der Waals surface area (Å²) in [6.45, 7) is 2.71. The lowest BCUT2D eigenvalue weighted by Crippen LogP contribution is -2.68. The summed E-state index contributed by atoms with van der Waals surface area (Å²) in [5, 5.41) is 0. The Hall–Kier alpha value is -0.200. The molecule has 5 nitrogen and oxygen atoms in total. The first kappa shape index (κ1) is 14.9. The Morgan fingerprint density at radius 1 is 0.706 bits per heavy atom. The van der Waals surface area contributed by atoms with Crippen molar-refractivity contribution in [3.05, 3.63) is 0 Å². The average molecular weight is 266 g/mol. The van der Waals surface area contributed by atoms with Gasteiger partial charge in [-0.3, -0.25) is 0 Å². The molecule has 0 bridgehead atoms. The predicted octanol–water partition coefficient (Wildman–Crippen LogP) is -2.17. The number of hydrogen-bond acceptors (Lipinski definition) is 4. The van der Waals surface area contributed by atoms with Gasteiger partial charge in [0.15, 0.2) is 5.71 Å². The third-order valence-electron chi connectivity index (χ3n) is 3.23. The Labute approximate surface area is 104 Å². The van der Waals surface area contributed by atoms with E-state index in [0.717, 1.165) is 0 Å². The van der Waals surface area contributed by atoms with Crippen LogP contribution in [0.1, 0.15) is 51.4 Å². The summed E-state index contributed by atoms with van der Waals surface area (Å²) >= 11 is 0. The molecule has 2 fully saturated rings. The Bertz CT molecular complexity index is 221. The van der Waals surface area contributed by atoms with Gasteiger partial charge in [0.25, 0.3) is 0 Å². The normalized spacial score (nSPS) is 21.9. The maximum atomic E-state index is 8.49. The van der Waals surface area contributed by atoms with E-state index in [1.807, 2.05) is 0 Å². The molecule has 2 rings (SSSR count). The van der Waals surface area contributed by atoms with Crippen LogP contribution in [0.25, 0.3) is 0 Å². The molecule has 0 aromatic heterocycles. The van der Waals surface area contributed by atoms with E-state index in [9.17, 15) is 0 Å². The molecule has 0 unspecified atom stereocenters. The molecule has 1 aliphatic heterocycles. The monoisotopic (exact) mass is 265 g/mol. The average Bonchev–Trinajstić information content (AvgIpc) is 2.29. The molecule has 17 heavy (non-hydrogen) atoms. The second-order valence-corrected chi connectivity index (χ2v) is 5.31. The van der Waals surface area contributed by atoms with Gasteiger partial charge in [-0.15, -0.1) is 10.2 Å². The quantitative estimate of drug-likeness (QED) is 0.466. The van der Waals surface area contributed by atoms with Gasteiger partial charge < -0.3 is 0 Å². The summed E-state index contributed by atoms with van der Waals surface area (Å²) in [6, 6.07) is 0. The molecular weight excluding hydrogens is 246 g/mol. The molecule has 1 saturated carbocycles. The van der Waals surface area contributed by atoms with E-state index in [2.05, 4.69) is 4.58 Å². The van der Waals surface area contributed by atoms with Gasteiger partial charge in [0.05, 0.1) is 0 Å². The van der Waals surface area contributed by atoms with Crippen LogP contribution >= 0.6 is 0 Å². The van der Waals surface area contributed by atoms with Crippen molar-refractivity contribution in [2.75, 3.05) is 13.1 Å². The van der Waals surface area contributed by atoms with E-state index in [-0.39, 0.29) is 0 Å². The van der Waals surface area contributed by atoms with Crippen molar-refractivity contribution in [3.8, 4) is 0 Å². The van der Waals surface area contributed by atoms with Gasteiger partial charge in [-0.25, -0.2) is 23.2 Å². The Kier molecular flexibility index (Phi) is 6.37. The molecule has 0 aromatic carbocycles. The first-order valence-corrected chi connectivity index (χ1v) is 7.41. The smallest absolute Gasteiger partial charge is 0.152 e. The Morgan fingerprint density at radius 2 is 1.12 bits per heavy atom. The topological polar surface area (TPSA) is 95.2 Å². The van der Waals surface area contributed by atoms with Crippen LogP contribution in [0.3, 0.4) is 0 Å². The molecule has 0 atom stereocenters. The zero-order valence-corrected chi connectivity index (χ0v) is 10.8. The van der Waals surface area contributed by atoms with Crippen molar-refractivity contribution in [1.82, 2.24) is 0 Å². The molecule has 0 radical (unpaired) electrons. The fourth-order valence-electron chi connectivity index (χ4n) is 2.49. The van der Waals surface area contributed by atoms with Crippen molar-refractivity contribution in [1.29, 1.82) is 0 Å². The number of halogens is 1. The molecule has 1 aliphatic carbocycles. The van der Waals surface area contributed by atoms with Gasteiger partial charge in [-0.05, 0) is 19.3 Å². The SMILES string of the molecule is C1CCC(=[N+]2CCCCC2)CC1.[O-][Cl+3]([O-])([O-])[O-]. The predicted molar refractivity (Wildman–Crippen MR) is 51.9 cm³/mol. The third-order valence-corrected chi connectivity index (χ3v) is 3.23. The number of piperidine rings is 1. The molecule has 1 heterocycles. The maximum Gasteiger partial charge on any atom is 0.152 e. The first-order valence-electron chi connectivity index (χ1n) is 6.18. The molecule has 1 saturated heterocycles. The van der Waals surface area contributed by atoms with Gasteiger partial charge in [-0.2, -0.15) is 0 Å². The largest absolute Gasteiger partial charge is 0.237 e. The molecule has 0 N–H and O–H groups in total. The minimum absolute atomic E-state index is 1.36. The lowest BCUT2D eigenvalue weighted by atomic mass is 9.97. The van der Waals surface area contributed by atoms with E-state index < -0.39 is 10.2 Å². The molecule has 0 spiro atoms. The standard InChI is InChI=1S/C11H20N.ClHO4/c1-3-7-11(8-4-1)12-9-5-2-6-10-12;2-1(3,4)5/h1-10H2;(H,2,3,4,5)/q+1;/p-1. The van der Waals surface area contributed by atoms with Crippen LogP contribution < -0.4 is 18.6 Å². The lowest BCUT2D eigenvalue weighted by molar-refractivity contribution is -2.00. The van der Waals surface area contributed by atoms with Crippen LogP contribution in [0.4, 0.5) is 0 Å². The highest BCUT2D eigenvalue weighted by Crippen LogP contribution is 2.16. The third kappa shape index (κ3) is 7.68. The second kappa shape index (κ2) is 7.28. The summed E-state index contributed by atoms with van der Waals surface area (Å²) < 4.78 is 36.6. The summed E-state index contributed by atoms with van der Waals surface area (Å²) in [5.74, 6) is 0. The summed E-state index contributed by atoms with van der Waals surface area (Å²) in [5.41, 5.74) is 1.78. The molecule has 0 amide bonds. The summed E-state index contributed by atoms with van der Waals surface area (Å²) in [7, 11) is -4.94. The zero-order valence-electron chi connectivity index (χ0n) is 10.0. The van der Waals surface area contributed by atoms with Crippen LogP contribution in [0.5, 0.6) is 0 Å². The van der Waals surface area contributed by atoms with E-state index >= 15 is 0 Å². The second-order valence-electron chi connectivity index (χ2n) is 4.55. The van der Waals surface area contributed by atoms with Crippen LogP contribution in [0, 0.1) is 10.2 Å². The van der Waals surface area contributed by atoms with Crippen LogP contribution in [0.15, 0.2) is 0 Å². The Balaban J connectivity index is 0.000000249. The highest BCUT2D eigenvalue weighted by molar-refractivity contribution is 5.80. The number of hydrogen-bond donors (Lipinski definition) is 0. The zero-order chi connectivity index (χ0) is 12.7. The fourth-order valence-corrected chi connectivity index (χ4v) is 2.49. The van der Waals surface area contributed by atoms with Crippen LogP contribution in [0.2, 0.25) is 0 Å². The van der Waals surface area contributed by atoms with Crippen molar-refractivity contribution < 1.29 is 33.5 Å². The fraction of sp³-hybridized carbons (Fsp3) is 0.909. The van der Waals surface area contributed by atoms with Crippen molar-refractivity contribution in [3.63, 3.8) is 0 Å². The number of nitrogens with zero attached hydrogens (tertiary/aromatic N) is 1. The molecule has 100 valence electrons. The van der Waals surface area contributed by atoms with Crippen molar-refractivity contribution in [2.45, 2.75) is 51.4 Å². The molecule has 6 heteroatoms. The van der Waals surface area contributed by atoms with Crippen LogP contribution in [-0.2, 0) is 0 Å². The van der Waals surface area contributed by atoms with Gasteiger partial charge in [0.1, 0.15) is 13.1 Å². The van der Waals surface area contributed by atoms with Crippen LogP contribution in [-0.4, -0.2) is 23.4 Å². The lowest BCUT2D eigenvalue weighted by Gasteiger charge is -2.17. The molecule has 0 aromatic rings. The van der Waals surface area contributed by atoms with Gasteiger partial charge in [0, 0.05) is 25.7 Å². The van der Waals surface area contributed by atoms with E-state index in [1.54, 1.807) is 5.71 Å².